The number of nitrogens with one attached hydrogen (secondary N) is 2. The van der Waals surface area contributed by atoms with E-state index in [1.165, 1.54) is 11.1 Å². The molecule has 3 aromatic rings. The molecule has 0 aromatic heterocycles. The second-order valence-electron chi connectivity index (χ2n) is 9.68. The molecular formula is C33H42N2O5. The first-order valence-electron chi connectivity index (χ1n) is 14.0. The summed E-state index contributed by atoms with van der Waals surface area (Å²) in [6.07, 6.45) is 5.30. The summed E-state index contributed by atoms with van der Waals surface area (Å²) >= 11 is 0. The fraction of sp³-hybridized carbons (Fsp3) is 0.394. The van der Waals surface area contributed by atoms with E-state index in [2.05, 4.69) is 28.8 Å². The van der Waals surface area contributed by atoms with E-state index >= 15 is 0 Å². The van der Waals surface area contributed by atoms with Gasteiger partial charge in [-0.2, -0.15) is 0 Å². The van der Waals surface area contributed by atoms with Gasteiger partial charge in [0, 0.05) is 31.5 Å². The maximum absolute atomic E-state index is 12.4. The van der Waals surface area contributed by atoms with Crippen LogP contribution in [0.1, 0.15) is 47.9 Å². The van der Waals surface area contributed by atoms with Crippen molar-refractivity contribution in [2.24, 2.45) is 0 Å². The first kappa shape index (κ1) is 30.5. The van der Waals surface area contributed by atoms with Gasteiger partial charge in [-0.1, -0.05) is 48.5 Å². The standard InChI is InChI=1S/C33H42N2O5/c1-38-28-13-9-12-26(24-28)16-18-29-27(17-19-30(39-2)33(29)40-3)21-23-35-32(37)15-8-7-14-31(36)34-22-20-25-10-5-4-6-11-25/h4-6,9-13,17,19,24H,7-8,14-16,18,20-23H2,1-3H3,(H,34,36)(H,35,37). The Morgan fingerprint density at radius 3 is 1.98 bits per heavy atom. The van der Waals surface area contributed by atoms with Crippen LogP contribution in [0.25, 0.3) is 0 Å². The van der Waals surface area contributed by atoms with Crippen LogP contribution >= 0.6 is 0 Å². The molecule has 0 radical (unpaired) electrons. The lowest BCUT2D eigenvalue weighted by atomic mass is 9.96. The highest BCUT2D eigenvalue weighted by atomic mass is 16.5. The normalized spacial score (nSPS) is 10.6. The highest BCUT2D eigenvalue weighted by molar-refractivity contribution is 5.77. The highest BCUT2D eigenvalue weighted by Gasteiger charge is 2.15. The Bertz CT molecular complexity index is 1210. The predicted molar refractivity (Wildman–Crippen MR) is 158 cm³/mol. The van der Waals surface area contributed by atoms with E-state index in [4.69, 9.17) is 14.2 Å². The molecule has 7 nitrogen and oxygen atoms in total. The van der Waals surface area contributed by atoms with Crippen LogP contribution < -0.4 is 24.8 Å². The molecule has 3 aromatic carbocycles. The minimum Gasteiger partial charge on any atom is -0.497 e. The van der Waals surface area contributed by atoms with Crippen molar-refractivity contribution in [3.8, 4) is 17.2 Å². The third kappa shape index (κ3) is 9.95. The molecule has 0 spiro atoms. The summed E-state index contributed by atoms with van der Waals surface area (Å²) in [7, 11) is 4.96. The second-order valence-corrected chi connectivity index (χ2v) is 9.68. The van der Waals surface area contributed by atoms with Gasteiger partial charge in [0.25, 0.3) is 0 Å². The number of hydrogen-bond acceptors (Lipinski definition) is 5. The van der Waals surface area contributed by atoms with Crippen LogP contribution in [0.5, 0.6) is 17.2 Å². The Labute approximate surface area is 238 Å². The summed E-state index contributed by atoms with van der Waals surface area (Å²) in [6, 6.07) is 22.1. The molecule has 214 valence electrons. The van der Waals surface area contributed by atoms with Gasteiger partial charge < -0.3 is 24.8 Å². The van der Waals surface area contributed by atoms with Gasteiger partial charge in [-0.15, -0.1) is 0 Å². The maximum Gasteiger partial charge on any atom is 0.220 e. The number of benzene rings is 3. The number of aryl methyl sites for hydroxylation is 1. The molecule has 0 saturated heterocycles. The minimum atomic E-state index is 0.00268. The van der Waals surface area contributed by atoms with E-state index in [0.29, 0.717) is 50.9 Å². The van der Waals surface area contributed by atoms with Crippen LogP contribution in [0, 0.1) is 0 Å². The molecule has 7 heteroatoms. The highest BCUT2D eigenvalue weighted by Crippen LogP contribution is 2.34. The zero-order chi connectivity index (χ0) is 28.6. The summed E-state index contributed by atoms with van der Waals surface area (Å²) in [5.41, 5.74) is 4.58. The maximum atomic E-state index is 12.4. The summed E-state index contributed by atoms with van der Waals surface area (Å²) in [4.78, 5) is 24.5. The largest absolute Gasteiger partial charge is 0.497 e. The average Bonchev–Trinajstić information content (AvgIpc) is 2.98. The predicted octanol–water partition coefficient (Wildman–Crippen LogP) is 5.08. The molecule has 2 N–H and O–H groups in total. The van der Waals surface area contributed by atoms with Crippen molar-refractivity contribution in [2.45, 2.75) is 51.4 Å². The molecule has 0 aliphatic rings. The lowest BCUT2D eigenvalue weighted by molar-refractivity contribution is -0.123. The molecule has 40 heavy (non-hydrogen) atoms. The third-order valence-corrected chi connectivity index (χ3v) is 6.90. The van der Waals surface area contributed by atoms with Crippen molar-refractivity contribution >= 4 is 11.8 Å². The number of methoxy groups -OCH3 is 3. The van der Waals surface area contributed by atoms with Gasteiger partial charge in [-0.05, 0) is 73.4 Å². The van der Waals surface area contributed by atoms with Crippen LogP contribution in [-0.2, 0) is 35.3 Å². The average molecular weight is 547 g/mol. The lowest BCUT2D eigenvalue weighted by Crippen LogP contribution is -2.26. The van der Waals surface area contributed by atoms with Gasteiger partial charge in [-0.3, -0.25) is 9.59 Å². The monoisotopic (exact) mass is 546 g/mol. The Kier molecular flexibility index (Phi) is 12.9. The van der Waals surface area contributed by atoms with Crippen LogP contribution in [0.2, 0.25) is 0 Å². The molecule has 0 unspecified atom stereocenters. The van der Waals surface area contributed by atoms with Gasteiger partial charge >= 0.3 is 0 Å². The summed E-state index contributed by atoms with van der Waals surface area (Å²) in [6.45, 7) is 1.15. The van der Waals surface area contributed by atoms with Crippen molar-refractivity contribution in [3.63, 3.8) is 0 Å². The number of carbonyl (C=O) groups excluding carboxylic acids is 2. The summed E-state index contributed by atoms with van der Waals surface area (Å²) in [5.74, 6) is 2.30. The smallest absolute Gasteiger partial charge is 0.220 e. The quantitative estimate of drug-likeness (QED) is 0.231. The molecule has 0 bridgehead atoms. The van der Waals surface area contributed by atoms with E-state index in [9.17, 15) is 9.59 Å². The Morgan fingerprint density at radius 1 is 0.650 bits per heavy atom. The first-order chi connectivity index (χ1) is 19.5. The molecule has 0 fully saturated rings. The van der Waals surface area contributed by atoms with Crippen molar-refractivity contribution in [1.29, 1.82) is 0 Å². The first-order valence-corrected chi connectivity index (χ1v) is 14.0. The van der Waals surface area contributed by atoms with Crippen molar-refractivity contribution in [1.82, 2.24) is 10.6 Å². The molecule has 0 aliphatic carbocycles. The molecule has 0 aliphatic heterocycles. The van der Waals surface area contributed by atoms with E-state index in [-0.39, 0.29) is 11.8 Å². The van der Waals surface area contributed by atoms with E-state index in [1.807, 2.05) is 48.5 Å². The lowest BCUT2D eigenvalue weighted by Gasteiger charge is -2.17. The number of carbonyl (C=O) groups is 2. The fourth-order valence-electron chi connectivity index (χ4n) is 4.71. The van der Waals surface area contributed by atoms with Crippen molar-refractivity contribution < 1.29 is 23.8 Å². The number of rotatable bonds is 17. The number of unbranched alkanes of at least 4 members (excludes halogenated alkanes) is 1. The van der Waals surface area contributed by atoms with Crippen LogP contribution in [-0.4, -0.2) is 46.2 Å². The minimum absolute atomic E-state index is 0.00268. The van der Waals surface area contributed by atoms with Gasteiger partial charge in [0.05, 0.1) is 21.3 Å². The van der Waals surface area contributed by atoms with Gasteiger partial charge in [0.15, 0.2) is 11.5 Å². The second kappa shape index (κ2) is 16.9. The van der Waals surface area contributed by atoms with E-state index in [1.54, 1.807) is 21.3 Å². The van der Waals surface area contributed by atoms with Crippen LogP contribution in [0.4, 0.5) is 0 Å². The zero-order valence-corrected chi connectivity index (χ0v) is 24.0. The van der Waals surface area contributed by atoms with Crippen molar-refractivity contribution in [2.75, 3.05) is 34.4 Å². The number of hydrogen-bond donors (Lipinski definition) is 2. The Balaban J connectivity index is 1.42. The van der Waals surface area contributed by atoms with Gasteiger partial charge in [-0.25, -0.2) is 0 Å². The van der Waals surface area contributed by atoms with Gasteiger partial charge in [0.1, 0.15) is 5.75 Å². The molecule has 3 rings (SSSR count). The SMILES string of the molecule is COc1cccc(CCc2c(CCNC(=O)CCCCC(=O)NCCc3ccccc3)ccc(OC)c2OC)c1. The molecule has 0 atom stereocenters. The zero-order valence-electron chi connectivity index (χ0n) is 24.0. The number of amides is 2. The molecule has 0 saturated carbocycles. The van der Waals surface area contributed by atoms with Crippen LogP contribution in [0.3, 0.4) is 0 Å². The molecular weight excluding hydrogens is 504 g/mol. The van der Waals surface area contributed by atoms with E-state index < -0.39 is 0 Å². The Hall–Kier alpha value is -4.00. The number of ether oxygens (including phenoxy) is 3. The summed E-state index contributed by atoms with van der Waals surface area (Å²) < 4.78 is 16.6. The molecule has 2 amide bonds. The summed E-state index contributed by atoms with van der Waals surface area (Å²) in [5, 5.41) is 5.98. The fourth-order valence-corrected chi connectivity index (χ4v) is 4.71. The van der Waals surface area contributed by atoms with Crippen molar-refractivity contribution in [3.05, 3.63) is 89.0 Å². The third-order valence-electron chi connectivity index (χ3n) is 6.90. The van der Waals surface area contributed by atoms with Crippen LogP contribution in [0.15, 0.2) is 66.7 Å². The Morgan fingerprint density at radius 2 is 1.32 bits per heavy atom. The molecule has 0 heterocycles. The van der Waals surface area contributed by atoms with E-state index in [0.717, 1.165) is 41.9 Å². The topological polar surface area (TPSA) is 85.9 Å². The van der Waals surface area contributed by atoms with Gasteiger partial charge in [0.2, 0.25) is 11.8 Å².